The van der Waals surface area contributed by atoms with E-state index in [0.29, 0.717) is 21.6 Å². The highest BCUT2D eigenvalue weighted by Crippen LogP contribution is 2.31. The third-order valence-electron chi connectivity index (χ3n) is 5.28. The van der Waals surface area contributed by atoms with Gasteiger partial charge in [-0.25, -0.2) is 4.98 Å². The van der Waals surface area contributed by atoms with Crippen molar-refractivity contribution in [2.45, 2.75) is 0 Å². The first-order chi connectivity index (χ1) is 14.5. The first kappa shape index (κ1) is 18.4. The van der Waals surface area contributed by atoms with Crippen LogP contribution >= 0.6 is 11.3 Å². The van der Waals surface area contributed by atoms with Crippen LogP contribution < -0.4 is 15.6 Å². The van der Waals surface area contributed by atoms with E-state index in [9.17, 15) is 9.59 Å². The third kappa shape index (κ3) is 2.68. The van der Waals surface area contributed by atoms with Gasteiger partial charge in [-0.05, 0) is 24.3 Å². The number of carbonyl (C=O) groups is 1. The number of para-hydroxylation sites is 1. The van der Waals surface area contributed by atoms with Crippen molar-refractivity contribution in [1.29, 1.82) is 0 Å². The molecule has 30 heavy (non-hydrogen) atoms. The zero-order valence-electron chi connectivity index (χ0n) is 16.6. The monoisotopic (exact) mass is 418 g/mol. The predicted molar refractivity (Wildman–Crippen MR) is 120 cm³/mol. The van der Waals surface area contributed by atoms with Crippen LogP contribution in [0, 0.1) is 0 Å². The quantitative estimate of drug-likeness (QED) is 0.482. The Balaban J connectivity index is 1.66. The molecule has 1 amide bonds. The molecule has 0 aliphatic heterocycles. The number of aryl methyl sites for hydroxylation is 2. The zero-order valence-corrected chi connectivity index (χ0v) is 17.4. The van der Waals surface area contributed by atoms with E-state index in [2.05, 4.69) is 10.3 Å². The number of nitrogens with one attached hydrogen (secondary N) is 1. The van der Waals surface area contributed by atoms with Crippen LogP contribution in [0.1, 0.15) is 10.4 Å². The predicted octanol–water partition coefficient (Wildman–Crippen LogP) is 3.90. The fourth-order valence-corrected chi connectivity index (χ4v) is 4.71. The molecule has 0 aliphatic carbocycles. The number of rotatable bonds is 3. The highest BCUT2D eigenvalue weighted by molar-refractivity contribution is 7.22. The fraction of sp³-hybridized carbons (Fsp3) is 0.136. The smallest absolute Gasteiger partial charge is 0.274 e. The summed E-state index contributed by atoms with van der Waals surface area (Å²) in [6, 6.07) is 13.3. The standard InChI is InChI=1S/C22H18N4O3S/c1-25-11-14(18-13-6-4-5-7-16(13)26(2)19(18)21(25)28)20(27)24-22-23-15-9-8-12(29-3)10-17(15)30-22/h4-11H,1-3H3,(H,23,24,27). The SMILES string of the molecule is COc1ccc2nc(NC(=O)c3cn(C)c(=O)c4c3c3ccccc3n4C)sc2c1. The minimum atomic E-state index is -0.307. The van der Waals surface area contributed by atoms with Crippen LogP contribution in [-0.4, -0.2) is 27.1 Å². The second-order valence-electron chi connectivity index (χ2n) is 7.07. The van der Waals surface area contributed by atoms with Gasteiger partial charge >= 0.3 is 0 Å². The summed E-state index contributed by atoms with van der Waals surface area (Å²) in [5, 5.41) is 4.91. The highest BCUT2D eigenvalue weighted by atomic mass is 32.1. The Labute approximate surface area is 175 Å². The number of benzene rings is 2. The third-order valence-corrected chi connectivity index (χ3v) is 6.22. The van der Waals surface area contributed by atoms with Crippen LogP contribution in [0.5, 0.6) is 5.75 Å². The molecule has 1 N–H and O–H groups in total. The molecule has 3 aromatic heterocycles. The molecule has 0 aliphatic rings. The normalized spacial score (nSPS) is 11.4. The molecule has 8 heteroatoms. The number of carbonyl (C=O) groups excluding carboxylic acids is 1. The van der Waals surface area contributed by atoms with Crippen LogP contribution in [0.2, 0.25) is 0 Å². The number of anilines is 1. The summed E-state index contributed by atoms with van der Waals surface area (Å²) in [7, 11) is 5.11. The van der Waals surface area contributed by atoms with Gasteiger partial charge in [-0.3, -0.25) is 14.9 Å². The van der Waals surface area contributed by atoms with Crippen molar-refractivity contribution < 1.29 is 9.53 Å². The number of hydrogen-bond donors (Lipinski definition) is 1. The van der Waals surface area contributed by atoms with Gasteiger partial charge in [0.05, 0.1) is 22.9 Å². The summed E-state index contributed by atoms with van der Waals surface area (Å²) in [6.45, 7) is 0. The van der Waals surface area contributed by atoms with Gasteiger partial charge in [0, 0.05) is 36.6 Å². The van der Waals surface area contributed by atoms with E-state index >= 15 is 0 Å². The molecule has 0 spiro atoms. The van der Waals surface area contributed by atoms with Crippen LogP contribution in [-0.2, 0) is 14.1 Å². The van der Waals surface area contributed by atoms with E-state index in [1.807, 2.05) is 54.1 Å². The zero-order chi connectivity index (χ0) is 21.0. The Bertz CT molecular complexity index is 1530. The Morgan fingerprint density at radius 2 is 1.97 bits per heavy atom. The highest BCUT2D eigenvalue weighted by Gasteiger charge is 2.21. The molecule has 0 unspecified atom stereocenters. The lowest BCUT2D eigenvalue weighted by Crippen LogP contribution is -2.22. The van der Waals surface area contributed by atoms with Gasteiger partial charge in [0.25, 0.3) is 11.5 Å². The largest absolute Gasteiger partial charge is 0.497 e. The first-order valence-corrected chi connectivity index (χ1v) is 10.1. The molecule has 150 valence electrons. The number of methoxy groups -OCH3 is 1. The van der Waals surface area contributed by atoms with Crippen molar-refractivity contribution in [3.05, 3.63) is 64.6 Å². The van der Waals surface area contributed by atoms with E-state index in [1.165, 1.54) is 15.9 Å². The topological polar surface area (TPSA) is 78.2 Å². The molecule has 5 rings (SSSR count). The number of thiazole rings is 1. The lowest BCUT2D eigenvalue weighted by atomic mass is 10.1. The van der Waals surface area contributed by atoms with Gasteiger partial charge in [0.2, 0.25) is 0 Å². The molecule has 0 radical (unpaired) electrons. The van der Waals surface area contributed by atoms with E-state index in [1.54, 1.807) is 20.4 Å². The van der Waals surface area contributed by atoms with Gasteiger partial charge in [0.1, 0.15) is 11.3 Å². The molecule has 3 heterocycles. The molecule has 0 fully saturated rings. The van der Waals surface area contributed by atoms with E-state index < -0.39 is 0 Å². The molecule has 0 atom stereocenters. The van der Waals surface area contributed by atoms with Crippen molar-refractivity contribution >= 4 is 54.4 Å². The van der Waals surface area contributed by atoms with E-state index in [0.717, 1.165) is 26.9 Å². The van der Waals surface area contributed by atoms with Crippen molar-refractivity contribution in [3.8, 4) is 5.75 Å². The molecular weight excluding hydrogens is 400 g/mol. The van der Waals surface area contributed by atoms with Crippen molar-refractivity contribution in [2.24, 2.45) is 14.1 Å². The average Bonchev–Trinajstić information content (AvgIpc) is 3.28. The molecule has 5 aromatic rings. The fourth-order valence-electron chi connectivity index (χ4n) is 3.82. The van der Waals surface area contributed by atoms with Gasteiger partial charge in [0.15, 0.2) is 5.13 Å². The number of amides is 1. The molecular formula is C22H18N4O3S. The number of aromatic nitrogens is 3. The number of fused-ring (bicyclic) bond motifs is 4. The number of hydrogen-bond acceptors (Lipinski definition) is 5. The lowest BCUT2D eigenvalue weighted by molar-refractivity contribution is 0.102. The summed E-state index contributed by atoms with van der Waals surface area (Å²) in [5.41, 5.74) is 2.47. The van der Waals surface area contributed by atoms with Crippen LogP contribution in [0.25, 0.3) is 32.0 Å². The van der Waals surface area contributed by atoms with Crippen molar-refractivity contribution in [3.63, 3.8) is 0 Å². The van der Waals surface area contributed by atoms with Gasteiger partial charge < -0.3 is 13.9 Å². The van der Waals surface area contributed by atoms with Crippen LogP contribution in [0.15, 0.2) is 53.5 Å². The average molecular weight is 418 g/mol. The molecule has 2 aromatic carbocycles. The van der Waals surface area contributed by atoms with Gasteiger partial charge in [-0.2, -0.15) is 0 Å². The summed E-state index contributed by atoms with van der Waals surface area (Å²) in [5.74, 6) is 0.428. The van der Waals surface area contributed by atoms with Crippen molar-refractivity contribution in [2.75, 3.05) is 12.4 Å². The lowest BCUT2D eigenvalue weighted by Gasteiger charge is -2.07. The van der Waals surface area contributed by atoms with Gasteiger partial charge in [-0.1, -0.05) is 29.5 Å². The minimum absolute atomic E-state index is 0.146. The van der Waals surface area contributed by atoms with Crippen molar-refractivity contribution in [1.82, 2.24) is 14.1 Å². The summed E-state index contributed by atoms with van der Waals surface area (Å²) in [4.78, 5) is 30.6. The van der Waals surface area contributed by atoms with Crippen LogP contribution in [0.4, 0.5) is 5.13 Å². The van der Waals surface area contributed by atoms with Gasteiger partial charge in [-0.15, -0.1) is 0 Å². The van der Waals surface area contributed by atoms with Crippen LogP contribution in [0.3, 0.4) is 0 Å². The summed E-state index contributed by atoms with van der Waals surface area (Å²) >= 11 is 1.37. The Hall–Kier alpha value is -3.65. The Kier molecular flexibility index (Phi) is 4.11. The molecule has 0 saturated carbocycles. The molecule has 7 nitrogen and oxygen atoms in total. The van der Waals surface area contributed by atoms with E-state index in [-0.39, 0.29) is 11.5 Å². The number of pyridine rings is 1. The Morgan fingerprint density at radius 3 is 2.77 bits per heavy atom. The maximum Gasteiger partial charge on any atom is 0.274 e. The van der Waals surface area contributed by atoms with E-state index in [4.69, 9.17) is 4.74 Å². The summed E-state index contributed by atoms with van der Waals surface area (Å²) < 4.78 is 9.46. The molecule has 0 bridgehead atoms. The maximum atomic E-state index is 13.3. The second-order valence-corrected chi connectivity index (χ2v) is 8.10. The first-order valence-electron chi connectivity index (χ1n) is 9.30. The Morgan fingerprint density at radius 1 is 1.17 bits per heavy atom. The minimum Gasteiger partial charge on any atom is -0.497 e. The second kappa shape index (κ2) is 6.70. The number of ether oxygens (including phenoxy) is 1. The summed E-state index contributed by atoms with van der Waals surface area (Å²) in [6.07, 6.45) is 1.59. The number of nitrogens with zero attached hydrogens (tertiary/aromatic N) is 3. The molecule has 0 saturated heterocycles. The maximum absolute atomic E-state index is 13.3.